The van der Waals surface area contributed by atoms with Gasteiger partial charge in [-0.1, -0.05) is 6.07 Å². The molecule has 2 aromatic carbocycles. The van der Waals surface area contributed by atoms with E-state index in [0.29, 0.717) is 43.2 Å². The van der Waals surface area contributed by atoms with Gasteiger partial charge in [-0.3, -0.25) is 24.6 Å². The number of nitrogens with zero attached hydrogens (tertiary/aromatic N) is 2. The maximum absolute atomic E-state index is 13.2. The SMILES string of the molecule is CCOCCCN1C(=O)C(Nc2cccc(OCC)c2)=C(c2ccc([N+](=O)[O-])cc2)C1=O. The fourth-order valence-electron chi connectivity index (χ4n) is 3.36. The highest BCUT2D eigenvalue weighted by atomic mass is 16.6. The van der Waals surface area contributed by atoms with Gasteiger partial charge < -0.3 is 14.8 Å². The zero-order valence-corrected chi connectivity index (χ0v) is 18.0. The zero-order chi connectivity index (χ0) is 23.1. The van der Waals surface area contributed by atoms with E-state index in [9.17, 15) is 19.7 Å². The maximum atomic E-state index is 13.2. The first-order valence-corrected chi connectivity index (χ1v) is 10.4. The highest BCUT2D eigenvalue weighted by Gasteiger charge is 2.39. The number of carbonyl (C=O) groups is 2. The molecule has 1 aliphatic rings. The van der Waals surface area contributed by atoms with Crippen LogP contribution in [0.2, 0.25) is 0 Å². The van der Waals surface area contributed by atoms with Gasteiger partial charge in [-0.05, 0) is 50.1 Å². The molecule has 0 saturated carbocycles. The summed E-state index contributed by atoms with van der Waals surface area (Å²) in [6, 6.07) is 12.6. The number of anilines is 1. The molecular formula is C23H25N3O6. The van der Waals surface area contributed by atoms with E-state index in [4.69, 9.17) is 9.47 Å². The van der Waals surface area contributed by atoms with Crippen LogP contribution in [0.1, 0.15) is 25.8 Å². The number of hydrogen-bond donors (Lipinski definition) is 1. The van der Waals surface area contributed by atoms with E-state index in [-0.39, 0.29) is 23.5 Å². The molecule has 9 heteroatoms. The van der Waals surface area contributed by atoms with Crippen molar-refractivity contribution < 1.29 is 24.0 Å². The molecule has 3 rings (SSSR count). The summed E-state index contributed by atoms with van der Waals surface area (Å²) in [5.74, 6) is -0.286. The molecule has 0 spiro atoms. The van der Waals surface area contributed by atoms with Gasteiger partial charge in [0, 0.05) is 43.6 Å². The summed E-state index contributed by atoms with van der Waals surface area (Å²) in [5, 5.41) is 14.1. The number of hydrogen-bond acceptors (Lipinski definition) is 7. The molecule has 0 bridgehead atoms. The van der Waals surface area contributed by atoms with Gasteiger partial charge in [-0.15, -0.1) is 0 Å². The van der Waals surface area contributed by atoms with Gasteiger partial charge >= 0.3 is 0 Å². The number of nitrogens with one attached hydrogen (secondary N) is 1. The third-order valence-corrected chi connectivity index (χ3v) is 4.82. The van der Waals surface area contributed by atoms with Crippen LogP contribution in [0.3, 0.4) is 0 Å². The number of amides is 2. The molecule has 1 heterocycles. The highest BCUT2D eigenvalue weighted by molar-refractivity contribution is 6.36. The summed E-state index contributed by atoms with van der Waals surface area (Å²) in [6.07, 6.45) is 0.506. The van der Waals surface area contributed by atoms with Gasteiger partial charge in [-0.25, -0.2) is 0 Å². The smallest absolute Gasteiger partial charge is 0.278 e. The second-order valence-corrected chi connectivity index (χ2v) is 6.95. The maximum Gasteiger partial charge on any atom is 0.278 e. The standard InChI is InChI=1S/C23H25N3O6/c1-3-31-14-6-13-25-22(27)20(16-9-11-18(12-10-16)26(29)30)21(23(25)28)24-17-7-5-8-19(15-17)32-4-2/h5,7-12,15,24H,3-4,6,13-14H2,1-2H3. The number of imide groups is 1. The van der Waals surface area contributed by atoms with Crippen molar-refractivity contribution in [2.45, 2.75) is 20.3 Å². The largest absolute Gasteiger partial charge is 0.494 e. The number of ether oxygens (including phenoxy) is 2. The Morgan fingerprint density at radius 2 is 1.78 bits per heavy atom. The summed E-state index contributed by atoms with van der Waals surface area (Å²) in [4.78, 5) is 38.0. The van der Waals surface area contributed by atoms with Crippen LogP contribution >= 0.6 is 0 Å². The van der Waals surface area contributed by atoms with Crippen LogP contribution in [-0.2, 0) is 14.3 Å². The first-order valence-electron chi connectivity index (χ1n) is 10.4. The molecule has 0 unspecified atom stereocenters. The molecule has 0 radical (unpaired) electrons. The molecule has 0 aromatic heterocycles. The normalized spacial score (nSPS) is 13.6. The van der Waals surface area contributed by atoms with Crippen molar-refractivity contribution in [3.63, 3.8) is 0 Å². The van der Waals surface area contributed by atoms with Crippen LogP contribution in [0.15, 0.2) is 54.2 Å². The molecule has 9 nitrogen and oxygen atoms in total. The monoisotopic (exact) mass is 439 g/mol. The van der Waals surface area contributed by atoms with Gasteiger partial charge in [0.25, 0.3) is 17.5 Å². The van der Waals surface area contributed by atoms with Gasteiger partial charge in [0.2, 0.25) is 0 Å². The summed E-state index contributed by atoms with van der Waals surface area (Å²) in [6.45, 7) is 5.42. The second-order valence-electron chi connectivity index (χ2n) is 6.95. The Hall–Kier alpha value is -3.72. The lowest BCUT2D eigenvalue weighted by atomic mass is 10.0. The van der Waals surface area contributed by atoms with E-state index in [1.54, 1.807) is 24.3 Å². The van der Waals surface area contributed by atoms with Crippen molar-refractivity contribution in [1.29, 1.82) is 0 Å². The Morgan fingerprint density at radius 3 is 2.44 bits per heavy atom. The molecule has 32 heavy (non-hydrogen) atoms. The number of rotatable bonds is 11. The number of non-ortho nitro benzene ring substituents is 1. The fourth-order valence-corrected chi connectivity index (χ4v) is 3.36. The summed E-state index contributed by atoms with van der Waals surface area (Å²) in [5.41, 5.74) is 1.20. The van der Waals surface area contributed by atoms with Crippen molar-refractivity contribution in [1.82, 2.24) is 4.90 Å². The molecule has 0 atom stereocenters. The van der Waals surface area contributed by atoms with Crippen molar-refractivity contribution in [2.24, 2.45) is 0 Å². The summed E-state index contributed by atoms with van der Waals surface area (Å²) < 4.78 is 10.8. The average molecular weight is 439 g/mol. The van der Waals surface area contributed by atoms with E-state index >= 15 is 0 Å². The minimum absolute atomic E-state index is 0.0985. The Labute approximate surface area is 185 Å². The fraction of sp³-hybridized carbons (Fsp3) is 0.304. The van der Waals surface area contributed by atoms with E-state index in [1.807, 2.05) is 13.8 Å². The van der Waals surface area contributed by atoms with Crippen LogP contribution in [0.5, 0.6) is 5.75 Å². The molecule has 0 saturated heterocycles. The van der Waals surface area contributed by atoms with Crippen LogP contribution in [0.25, 0.3) is 5.57 Å². The van der Waals surface area contributed by atoms with E-state index in [1.165, 1.54) is 29.2 Å². The topological polar surface area (TPSA) is 111 Å². The molecule has 1 N–H and O–H groups in total. The quantitative estimate of drug-likeness (QED) is 0.246. The van der Waals surface area contributed by atoms with Crippen molar-refractivity contribution in [3.05, 3.63) is 69.9 Å². The summed E-state index contributed by atoms with van der Waals surface area (Å²) in [7, 11) is 0. The lowest BCUT2D eigenvalue weighted by Crippen LogP contribution is -2.34. The Bertz CT molecular complexity index is 1030. The van der Waals surface area contributed by atoms with E-state index in [2.05, 4.69) is 5.32 Å². The highest BCUT2D eigenvalue weighted by Crippen LogP contribution is 2.32. The van der Waals surface area contributed by atoms with Gasteiger partial charge in [0.1, 0.15) is 11.4 Å². The second kappa shape index (κ2) is 10.5. The predicted molar refractivity (Wildman–Crippen MR) is 119 cm³/mol. The van der Waals surface area contributed by atoms with Crippen LogP contribution in [-0.4, -0.2) is 48.0 Å². The van der Waals surface area contributed by atoms with E-state index in [0.717, 1.165) is 0 Å². The van der Waals surface area contributed by atoms with Gasteiger partial charge in [-0.2, -0.15) is 0 Å². The van der Waals surface area contributed by atoms with Gasteiger partial charge in [0.05, 0.1) is 17.1 Å². The number of benzene rings is 2. The Balaban J connectivity index is 1.95. The molecule has 2 aromatic rings. The number of nitro groups is 1. The van der Waals surface area contributed by atoms with Crippen molar-refractivity contribution in [2.75, 3.05) is 31.7 Å². The molecule has 2 amide bonds. The Kier molecular flexibility index (Phi) is 7.56. The third kappa shape index (κ3) is 5.12. The van der Waals surface area contributed by atoms with Crippen LogP contribution in [0, 0.1) is 10.1 Å². The zero-order valence-electron chi connectivity index (χ0n) is 18.0. The predicted octanol–water partition coefficient (Wildman–Crippen LogP) is 3.61. The minimum Gasteiger partial charge on any atom is -0.494 e. The van der Waals surface area contributed by atoms with Crippen molar-refractivity contribution >= 4 is 28.8 Å². The third-order valence-electron chi connectivity index (χ3n) is 4.82. The number of carbonyl (C=O) groups excluding carboxylic acids is 2. The average Bonchev–Trinajstić information content (AvgIpc) is 3.01. The van der Waals surface area contributed by atoms with Crippen molar-refractivity contribution in [3.8, 4) is 5.75 Å². The molecular weight excluding hydrogens is 414 g/mol. The van der Waals surface area contributed by atoms with Crippen LogP contribution < -0.4 is 10.1 Å². The van der Waals surface area contributed by atoms with Gasteiger partial charge in [0.15, 0.2) is 0 Å². The molecule has 0 fully saturated rings. The lowest BCUT2D eigenvalue weighted by molar-refractivity contribution is -0.384. The first-order chi connectivity index (χ1) is 15.5. The minimum atomic E-state index is -0.516. The first kappa shape index (κ1) is 23.0. The van der Waals surface area contributed by atoms with E-state index < -0.39 is 16.7 Å². The molecule has 0 aliphatic carbocycles. The summed E-state index contributed by atoms with van der Waals surface area (Å²) >= 11 is 0. The number of nitro benzene ring substituents is 1. The Morgan fingerprint density at radius 1 is 1.03 bits per heavy atom. The lowest BCUT2D eigenvalue weighted by Gasteiger charge is -2.15. The molecule has 1 aliphatic heterocycles. The molecule has 168 valence electrons. The van der Waals surface area contributed by atoms with Crippen LogP contribution in [0.4, 0.5) is 11.4 Å².